The summed E-state index contributed by atoms with van der Waals surface area (Å²) in [6.45, 7) is 8.18. The third-order valence-corrected chi connectivity index (χ3v) is 3.32. The van der Waals surface area contributed by atoms with Crippen LogP contribution in [0.15, 0.2) is 12.1 Å². The Morgan fingerprint density at radius 3 is 2.47 bits per heavy atom. The van der Waals surface area contributed by atoms with E-state index in [0.717, 1.165) is 27.7 Å². The Labute approximate surface area is 100 Å². The zero-order valence-electron chi connectivity index (χ0n) is 10.6. The van der Waals surface area contributed by atoms with Gasteiger partial charge >= 0.3 is 5.97 Å². The number of aryl methyl sites for hydroxylation is 2. The van der Waals surface area contributed by atoms with Gasteiger partial charge in [-0.15, -0.1) is 0 Å². The van der Waals surface area contributed by atoms with Crippen molar-refractivity contribution in [3.63, 3.8) is 0 Å². The van der Waals surface area contributed by atoms with Crippen LogP contribution in [0.3, 0.4) is 0 Å². The second-order valence-electron chi connectivity index (χ2n) is 4.82. The maximum Gasteiger partial charge on any atom is 0.335 e. The van der Waals surface area contributed by atoms with Crippen LogP contribution in [-0.2, 0) is 0 Å². The molecular formula is C14H17NO2. The molecule has 90 valence electrons. The average Bonchev–Trinajstić information content (AvgIpc) is 2.54. The fourth-order valence-electron chi connectivity index (χ4n) is 2.16. The van der Waals surface area contributed by atoms with Gasteiger partial charge in [-0.1, -0.05) is 13.8 Å². The Morgan fingerprint density at radius 1 is 1.29 bits per heavy atom. The number of rotatable bonds is 2. The first kappa shape index (κ1) is 11.7. The molecule has 1 heterocycles. The highest BCUT2D eigenvalue weighted by Gasteiger charge is 2.15. The summed E-state index contributed by atoms with van der Waals surface area (Å²) in [6.07, 6.45) is 0. The number of H-pyrrole nitrogens is 1. The highest BCUT2D eigenvalue weighted by Crippen LogP contribution is 2.30. The van der Waals surface area contributed by atoms with E-state index < -0.39 is 5.97 Å². The number of aromatic nitrogens is 1. The van der Waals surface area contributed by atoms with Gasteiger partial charge in [0.2, 0.25) is 0 Å². The van der Waals surface area contributed by atoms with Crippen LogP contribution < -0.4 is 0 Å². The lowest BCUT2D eigenvalue weighted by molar-refractivity contribution is 0.0697. The average molecular weight is 231 g/mol. The number of fused-ring (bicyclic) bond motifs is 1. The van der Waals surface area contributed by atoms with Crippen LogP contribution in [0, 0.1) is 13.8 Å². The maximum absolute atomic E-state index is 11.1. The van der Waals surface area contributed by atoms with Gasteiger partial charge in [0.05, 0.1) is 5.56 Å². The predicted octanol–water partition coefficient (Wildman–Crippen LogP) is 3.61. The molecule has 2 rings (SSSR count). The number of carboxylic acid groups (broad SMARTS) is 1. The highest BCUT2D eigenvalue weighted by molar-refractivity contribution is 5.96. The molecule has 0 aliphatic rings. The number of aromatic amines is 1. The van der Waals surface area contributed by atoms with E-state index in [9.17, 15) is 4.79 Å². The zero-order chi connectivity index (χ0) is 12.7. The number of nitrogens with one attached hydrogen (secondary N) is 1. The van der Waals surface area contributed by atoms with Crippen molar-refractivity contribution in [1.29, 1.82) is 0 Å². The summed E-state index contributed by atoms with van der Waals surface area (Å²) in [7, 11) is 0. The van der Waals surface area contributed by atoms with Gasteiger partial charge in [0.15, 0.2) is 0 Å². The van der Waals surface area contributed by atoms with E-state index in [1.165, 1.54) is 0 Å². The standard InChI is InChI=1S/C14H17NO2/c1-7(2)11-5-10(14(16)17)6-12-8(3)9(4)15-13(11)12/h5-7,15H,1-4H3,(H,16,17). The Bertz CT molecular complexity index is 594. The quantitative estimate of drug-likeness (QED) is 0.829. The van der Waals surface area contributed by atoms with Crippen molar-refractivity contribution >= 4 is 16.9 Å². The number of hydrogen-bond donors (Lipinski definition) is 2. The summed E-state index contributed by atoms with van der Waals surface area (Å²) < 4.78 is 0. The molecular weight excluding hydrogens is 214 g/mol. The lowest BCUT2D eigenvalue weighted by Crippen LogP contribution is -1.99. The first-order valence-electron chi connectivity index (χ1n) is 5.78. The minimum atomic E-state index is -0.868. The monoisotopic (exact) mass is 231 g/mol. The summed E-state index contributed by atoms with van der Waals surface area (Å²) in [6, 6.07) is 3.52. The van der Waals surface area contributed by atoms with E-state index in [0.29, 0.717) is 11.5 Å². The third-order valence-electron chi connectivity index (χ3n) is 3.32. The number of benzene rings is 1. The molecule has 0 atom stereocenters. The lowest BCUT2D eigenvalue weighted by atomic mass is 9.96. The minimum Gasteiger partial charge on any atom is -0.478 e. The second kappa shape index (κ2) is 3.91. The van der Waals surface area contributed by atoms with E-state index in [-0.39, 0.29) is 0 Å². The van der Waals surface area contributed by atoms with Gasteiger partial charge in [-0.2, -0.15) is 0 Å². The molecule has 1 aromatic heterocycles. The van der Waals surface area contributed by atoms with Crippen molar-refractivity contribution in [3.05, 3.63) is 34.5 Å². The van der Waals surface area contributed by atoms with Crippen LogP contribution in [-0.4, -0.2) is 16.1 Å². The molecule has 17 heavy (non-hydrogen) atoms. The summed E-state index contributed by atoms with van der Waals surface area (Å²) in [5.74, 6) is -0.568. The molecule has 3 heteroatoms. The predicted molar refractivity (Wildman–Crippen MR) is 68.8 cm³/mol. The van der Waals surface area contributed by atoms with Gasteiger partial charge in [0, 0.05) is 16.6 Å². The third kappa shape index (κ3) is 1.82. The SMILES string of the molecule is Cc1[nH]c2c(C(C)C)cc(C(=O)O)cc2c1C. The number of hydrogen-bond acceptors (Lipinski definition) is 1. The normalized spacial score (nSPS) is 11.4. The summed E-state index contributed by atoms with van der Waals surface area (Å²) in [5.41, 5.74) is 4.73. The minimum absolute atomic E-state index is 0.300. The second-order valence-corrected chi connectivity index (χ2v) is 4.82. The molecule has 3 nitrogen and oxygen atoms in total. The molecule has 0 bridgehead atoms. The Morgan fingerprint density at radius 2 is 1.94 bits per heavy atom. The van der Waals surface area contributed by atoms with Crippen molar-refractivity contribution in [3.8, 4) is 0 Å². The van der Waals surface area contributed by atoms with Crippen molar-refractivity contribution in [2.45, 2.75) is 33.6 Å². The van der Waals surface area contributed by atoms with Crippen LogP contribution in [0.25, 0.3) is 10.9 Å². The summed E-state index contributed by atoms with van der Waals surface area (Å²) in [5, 5.41) is 10.2. The fraction of sp³-hybridized carbons (Fsp3) is 0.357. The molecule has 2 N–H and O–H groups in total. The molecule has 0 saturated carbocycles. The van der Waals surface area contributed by atoms with Gasteiger partial charge in [0.1, 0.15) is 0 Å². The molecule has 0 unspecified atom stereocenters. The number of carboxylic acids is 1. The number of carbonyl (C=O) groups is 1. The van der Waals surface area contributed by atoms with E-state index in [1.807, 2.05) is 13.8 Å². The largest absolute Gasteiger partial charge is 0.478 e. The van der Waals surface area contributed by atoms with E-state index in [1.54, 1.807) is 12.1 Å². The van der Waals surface area contributed by atoms with Crippen molar-refractivity contribution < 1.29 is 9.90 Å². The van der Waals surface area contributed by atoms with Crippen molar-refractivity contribution in [2.75, 3.05) is 0 Å². The molecule has 0 fully saturated rings. The first-order valence-corrected chi connectivity index (χ1v) is 5.78. The van der Waals surface area contributed by atoms with Crippen LogP contribution >= 0.6 is 0 Å². The Hall–Kier alpha value is -1.77. The summed E-state index contributed by atoms with van der Waals surface area (Å²) >= 11 is 0. The van der Waals surface area contributed by atoms with E-state index in [2.05, 4.69) is 18.8 Å². The molecule has 1 aromatic carbocycles. The topological polar surface area (TPSA) is 53.1 Å². The molecule has 0 aliphatic carbocycles. The van der Waals surface area contributed by atoms with Gasteiger partial charge in [0.25, 0.3) is 0 Å². The molecule has 0 radical (unpaired) electrons. The lowest BCUT2D eigenvalue weighted by Gasteiger charge is -2.09. The van der Waals surface area contributed by atoms with Crippen LogP contribution in [0.5, 0.6) is 0 Å². The van der Waals surface area contributed by atoms with Gasteiger partial charge in [-0.25, -0.2) is 4.79 Å². The van der Waals surface area contributed by atoms with Crippen LogP contribution in [0.4, 0.5) is 0 Å². The van der Waals surface area contributed by atoms with Crippen LogP contribution in [0.2, 0.25) is 0 Å². The molecule has 0 spiro atoms. The van der Waals surface area contributed by atoms with Crippen molar-refractivity contribution in [2.24, 2.45) is 0 Å². The Balaban J connectivity index is 2.86. The molecule has 0 saturated heterocycles. The van der Waals surface area contributed by atoms with E-state index in [4.69, 9.17) is 5.11 Å². The smallest absolute Gasteiger partial charge is 0.335 e. The van der Waals surface area contributed by atoms with Gasteiger partial charge < -0.3 is 10.1 Å². The summed E-state index contributed by atoms with van der Waals surface area (Å²) in [4.78, 5) is 14.5. The zero-order valence-corrected chi connectivity index (χ0v) is 10.6. The maximum atomic E-state index is 11.1. The van der Waals surface area contributed by atoms with E-state index >= 15 is 0 Å². The van der Waals surface area contributed by atoms with Crippen LogP contribution in [0.1, 0.15) is 46.9 Å². The number of aromatic carboxylic acids is 1. The highest BCUT2D eigenvalue weighted by atomic mass is 16.4. The first-order chi connectivity index (χ1) is 7.91. The van der Waals surface area contributed by atoms with Crippen molar-refractivity contribution in [1.82, 2.24) is 4.98 Å². The molecule has 0 aliphatic heterocycles. The molecule has 0 amide bonds. The molecule has 2 aromatic rings. The van der Waals surface area contributed by atoms with Gasteiger partial charge in [-0.05, 0) is 43.0 Å². The Kier molecular flexibility index (Phi) is 2.69. The fourth-order valence-corrected chi connectivity index (χ4v) is 2.16. The van der Waals surface area contributed by atoms with Gasteiger partial charge in [-0.3, -0.25) is 0 Å².